The van der Waals surface area contributed by atoms with Gasteiger partial charge in [-0.05, 0) is 31.4 Å². The quantitative estimate of drug-likeness (QED) is 0.758. The zero-order chi connectivity index (χ0) is 18.4. The summed E-state index contributed by atoms with van der Waals surface area (Å²) in [4.78, 5) is 20.2. The molecule has 2 heterocycles. The SMILES string of the molecule is CN(C)c1ccc(N[C@@H]2CCCN(C(=O)CNS(C)(=O)=O)CC2)cn1. The third-order valence-corrected chi connectivity index (χ3v) is 4.81. The fraction of sp³-hybridized carbons (Fsp3) is 0.625. The Kier molecular flexibility index (Phi) is 6.60. The Balaban J connectivity index is 1.85. The predicted molar refractivity (Wildman–Crippen MR) is 99.3 cm³/mol. The molecule has 1 atom stereocenters. The van der Waals surface area contributed by atoms with E-state index in [-0.39, 0.29) is 18.5 Å². The summed E-state index contributed by atoms with van der Waals surface area (Å²) in [7, 11) is 0.550. The van der Waals surface area contributed by atoms with Crippen LogP contribution in [0.2, 0.25) is 0 Å². The second-order valence-corrected chi connectivity index (χ2v) is 8.38. The lowest BCUT2D eigenvalue weighted by Gasteiger charge is -2.21. The molecule has 9 heteroatoms. The molecule has 1 saturated heterocycles. The van der Waals surface area contributed by atoms with Crippen LogP contribution in [-0.2, 0) is 14.8 Å². The summed E-state index contributed by atoms with van der Waals surface area (Å²) in [6.45, 7) is 1.10. The van der Waals surface area contributed by atoms with E-state index in [9.17, 15) is 13.2 Å². The summed E-state index contributed by atoms with van der Waals surface area (Å²) in [6, 6.07) is 4.24. The minimum absolute atomic E-state index is 0.174. The third-order valence-electron chi connectivity index (χ3n) is 4.14. The van der Waals surface area contributed by atoms with Crippen molar-refractivity contribution < 1.29 is 13.2 Å². The number of carbonyl (C=O) groups is 1. The van der Waals surface area contributed by atoms with Crippen LogP contribution in [0, 0.1) is 0 Å². The van der Waals surface area contributed by atoms with E-state index in [1.54, 1.807) is 4.90 Å². The van der Waals surface area contributed by atoms with Gasteiger partial charge in [-0.3, -0.25) is 4.79 Å². The number of pyridine rings is 1. The van der Waals surface area contributed by atoms with Crippen LogP contribution in [0.15, 0.2) is 18.3 Å². The van der Waals surface area contributed by atoms with E-state index in [4.69, 9.17) is 0 Å². The smallest absolute Gasteiger partial charge is 0.237 e. The number of hydrogen-bond donors (Lipinski definition) is 2. The van der Waals surface area contributed by atoms with Crippen molar-refractivity contribution in [3.63, 3.8) is 0 Å². The maximum atomic E-state index is 12.1. The summed E-state index contributed by atoms with van der Waals surface area (Å²) in [6.07, 6.45) is 5.53. The van der Waals surface area contributed by atoms with Crippen molar-refractivity contribution in [3.8, 4) is 0 Å². The number of nitrogens with zero attached hydrogens (tertiary/aromatic N) is 3. The highest BCUT2D eigenvalue weighted by Crippen LogP contribution is 2.18. The van der Waals surface area contributed by atoms with Gasteiger partial charge in [0.05, 0.1) is 24.7 Å². The number of hydrogen-bond acceptors (Lipinski definition) is 6. The number of anilines is 2. The first kappa shape index (κ1) is 19.5. The number of rotatable bonds is 6. The van der Waals surface area contributed by atoms with E-state index in [0.29, 0.717) is 13.1 Å². The van der Waals surface area contributed by atoms with Crippen LogP contribution >= 0.6 is 0 Å². The fourth-order valence-electron chi connectivity index (χ4n) is 2.77. The Hall–Kier alpha value is -1.87. The molecule has 1 aromatic heterocycles. The van der Waals surface area contributed by atoms with E-state index < -0.39 is 10.0 Å². The van der Waals surface area contributed by atoms with Crippen LogP contribution in [0.4, 0.5) is 11.5 Å². The molecule has 1 fully saturated rings. The molecule has 1 aromatic rings. The second-order valence-electron chi connectivity index (χ2n) is 6.55. The molecule has 2 N–H and O–H groups in total. The minimum Gasteiger partial charge on any atom is -0.381 e. The predicted octanol–water partition coefficient (Wildman–Crippen LogP) is 0.490. The normalized spacial score (nSPS) is 18.5. The second kappa shape index (κ2) is 8.48. The molecule has 25 heavy (non-hydrogen) atoms. The lowest BCUT2D eigenvalue weighted by Crippen LogP contribution is -2.40. The van der Waals surface area contributed by atoms with Crippen molar-refractivity contribution in [3.05, 3.63) is 18.3 Å². The first-order valence-corrected chi connectivity index (χ1v) is 10.3. The molecule has 0 bridgehead atoms. The molecule has 0 saturated carbocycles. The van der Waals surface area contributed by atoms with Crippen molar-refractivity contribution >= 4 is 27.4 Å². The molecule has 140 valence electrons. The van der Waals surface area contributed by atoms with Gasteiger partial charge in [-0.25, -0.2) is 18.1 Å². The van der Waals surface area contributed by atoms with Gasteiger partial charge in [-0.2, -0.15) is 0 Å². The van der Waals surface area contributed by atoms with Gasteiger partial charge in [0.15, 0.2) is 0 Å². The van der Waals surface area contributed by atoms with E-state index >= 15 is 0 Å². The van der Waals surface area contributed by atoms with Crippen molar-refractivity contribution in [2.75, 3.05) is 50.2 Å². The zero-order valence-corrected chi connectivity index (χ0v) is 15.8. The van der Waals surface area contributed by atoms with E-state index in [1.807, 2.05) is 37.3 Å². The van der Waals surface area contributed by atoms with Crippen LogP contribution < -0.4 is 14.9 Å². The number of carbonyl (C=O) groups excluding carboxylic acids is 1. The number of likely N-dealkylation sites (tertiary alicyclic amines) is 1. The van der Waals surface area contributed by atoms with Crippen LogP contribution in [0.5, 0.6) is 0 Å². The number of nitrogens with one attached hydrogen (secondary N) is 2. The highest BCUT2D eigenvalue weighted by molar-refractivity contribution is 7.88. The van der Waals surface area contributed by atoms with Gasteiger partial charge in [-0.15, -0.1) is 0 Å². The van der Waals surface area contributed by atoms with Gasteiger partial charge in [0, 0.05) is 33.2 Å². The van der Waals surface area contributed by atoms with Gasteiger partial charge in [0.25, 0.3) is 0 Å². The summed E-state index contributed by atoms with van der Waals surface area (Å²) in [5, 5.41) is 3.47. The Morgan fingerprint density at radius 2 is 2.08 bits per heavy atom. The first-order chi connectivity index (χ1) is 11.7. The lowest BCUT2D eigenvalue weighted by molar-refractivity contribution is -0.129. The summed E-state index contributed by atoms with van der Waals surface area (Å²) < 4.78 is 24.5. The molecule has 2 rings (SSSR count). The van der Waals surface area contributed by atoms with Crippen LogP contribution in [0.3, 0.4) is 0 Å². The van der Waals surface area contributed by atoms with Gasteiger partial charge >= 0.3 is 0 Å². The van der Waals surface area contributed by atoms with Crippen LogP contribution in [-0.4, -0.2) is 70.2 Å². The van der Waals surface area contributed by atoms with Gasteiger partial charge in [0.2, 0.25) is 15.9 Å². The molecule has 0 aromatic carbocycles. The fourth-order valence-corrected chi connectivity index (χ4v) is 3.15. The van der Waals surface area contributed by atoms with Crippen LogP contribution in [0.1, 0.15) is 19.3 Å². The molecule has 1 aliphatic heterocycles. The highest BCUT2D eigenvalue weighted by atomic mass is 32.2. The van der Waals surface area contributed by atoms with Gasteiger partial charge in [0.1, 0.15) is 5.82 Å². The summed E-state index contributed by atoms with van der Waals surface area (Å²) in [5.74, 6) is 0.727. The first-order valence-electron chi connectivity index (χ1n) is 8.37. The van der Waals surface area contributed by atoms with Crippen molar-refractivity contribution in [1.29, 1.82) is 0 Å². The molecule has 0 radical (unpaired) electrons. The minimum atomic E-state index is -3.35. The number of sulfonamides is 1. The van der Waals surface area contributed by atoms with E-state index in [1.165, 1.54) is 0 Å². The maximum Gasteiger partial charge on any atom is 0.237 e. The van der Waals surface area contributed by atoms with Crippen molar-refractivity contribution in [2.24, 2.45) is 0 Å². The molecule has 1 amide bonds. The van der Waals surface area contributed by atoms with Crippen molar-refractivity contribution in [2.45, 2.75) is 25.3 Å². The molecule has 0 unspecified atom stereocenters. The monoisotopic (exact) mass is 369 g/mol. The average Bonchev–Trinajstić information content (AvgIpc) is 2.78. The third kappa shape index (κ3) is 6.50. The van der Waals surface area contributed by atoms with E-state index in [2.05, 4.69) is 15.0 Å². The zero-order valence-electron chi connectivity index (χ0n) is 15.0. The standard InChI is InChI=1S/C16H27N5O3S/c1-20(2)15-7-6-14(11-17-15)19-13-5-4-9-21(10-8-13)16(22)12-18-25(3,23)24/h6-7,11,13,18-19H,4-5,8-10,12H2,1-3H3/t13-/m1/s1. The van der Waals surface area contributed by atoms with Crippen LogP contribution in [0.25, 0.3) is 0 Å². The van der Waals surface area contributed by atoms with Crippen molar-refractivity contribution in [1.82, 2.24) is 14.6 Å². The molecule has 1 aliphatic rings. The van der Waals surface area contributed by atoms with Gasteiger partial charge < -0.3 is 15.1 Å². The Bertz CT molecular complexity index is 676. The summed E-state index contributed by atoms with van der Waals surface area (Å²) in [5.41, 5.74) is 0.967. The Morgan fingerprint density at radius 3 is 2.68 bits per heavy atom. The maximum absolute atomic E-state index is 12.1. The molecular weight excluding hydrogens is 342 g/mol. The van der Waals surface area contributed by atoms with E-state index in [0.717, 1.165) is 37.0 Å². The lowest BCUT2D eigenvalue weighted by atomic mass is 10.1. The Labute approximate surface area is 149 Å². The summed E-state index contributed by atoms with van der Waals surface area (Å²) >= 11 is 0. The highest BCUT2D eigenvalue weighted by Gasteiger charge is 2.21. The molecular formula is C16H27N5O3S. The number of aromatic nitrogens is 1. The topological polar surface area (TPSA) is 94.6 Å². The van der Waals surface area contributed by atoms with Gasteiger partial charge in [-0.1, -0.05) is 0 Å². The largest absolute Gasteiger partial charge is 0.381 e. The average molecular weight is 369 g/mol. The number of amides is 1. The molecule has 8 nitrogen and oxygen atoms in total. The molecule has 0 aliphatic carbocycles. The Morgan fingerprint density at radius 1 is 1.32 bits per heavy atom. The molecule has 0 spiro atoms.